The third kappa shape index (κ3) is 6.86. The summed E-state index contributed by atoms with van der Waals surface area (Å²) in [6.07, 6.45) is 1.36. The van der Waals surface area contributed by atoms with Gasteiger partial charge in [0.2, 0.25) is 11.8 Å². The van der Waals surface area contributed by atoms with Crippen LogP contribution in [0.1, 0.15) is 12.8 Å². The van der Waals surface area contributed by atoms with Crippen LogP contribution in [0.5, 0.6) is 0 Å². The fourth-order valence-electron chi connectivity index (χ4n) is 0.450. The molecule has 0 aromatic carbocycles. The molecule has 0 bridgehead atoms. The van der Waals surface area contributed by atoms with Crippen molar-refractivity contribution in [2.45, 2.75) is 12.8 Å². The Bertz CT molecular complexity index is 201. The quantitative estimate of drug-likeness (QED) is 0.625. The highest BCUT2D eigenvalue weighted by atomic mass is 35.5. The van der Waals surface area contributed by atoms with Crippen molar-refractivity contribution in [1.29, 1.82) is 0 Å². The molecule has 0 aromatic rings. The highest BCUT2D eigenvalue weighted by molar-refractivity contribution is 6.30. The topological polar surface area (TPSA) is 86.2 Å². The molecule has 0 aromatic heterocycles. The van der Waals surface area contributed by atoms with Gasteiger partial charge >= 0.3 is 0 Å². The number of amides is 2. The van der Waals surface area contributed by atoms with E-state index in [1.165, 1.54) is 6.08 Å². The zero-order chi connectivity index (χ0) is 8.85. The van der Waals surface area contributed by atoms with Gasteiger partial charge in [-0.15, -0.1) is 0 Å². The summed E-state index contributed by atoms with van der Waals surface area (Å²) in [5.74, 6) is -1.02. The van der Waals surface area contributed by atoms with Crippen LogP contribution in [-0.2, 0) is 9.59 Å². The van der Waals surface area contributed by atoms with Crippen molar-refractivity contribution in [2.75, 3.05) is 0 Å². The van der Waals surface area contributed by atoms with Crippen LogP contribution in [0.15, 0.2) is 11.1 Å². The molecule has 0 aliphatic rings. The molecule has 4 N–H and O–H groups in total. The lowest BCUT2D eigenvalue weighted by Gasteiger charge is -1.92. The molecule has 5 heteroatoms. The van der Waals surface area contributed by atoms with Crippen LogP contribution in [0.4, 0.5) is 0 Å². The van der Waals surface area contributed by atoms with Crippen LogP contribution < -0.4 is 11.5 Å². The Hall–Kier alpha value is -1.03. The van der Waals surface area contributed by atoms with Crippen LogP contribution in [0.3, 0.4) is 0 Å². The minimum atomic E-state index is -0.532. The van der Waals surface area contributed by atoms with E-state index in [1.54, 1.807) is 0 Å². The Morgan fingerprint density at radius 1 is 1.27 bits per heavy atom. The first-order valence-corrected chi connectivity index (χ1v) is 3.31. The molecule has 0 saturated heterocycles. The van der Waals surface area contributed by atoms with Crippen molar-refractivity contribution in [1.82, 2.24) is 0 Å². The van der Waals surface area contributed by atoms with Crippen molar-refractivity contribution in [3.63, 3.8) is 0 Å². The smallest absolute Gasteiger partial charge is 0.222 e. The van der Waals surface area contributed by atoms with Gasteiger partial charge in [0.25, 0.3) is 0 Å². The number of carbonyl (C=O) groups is 2. The van der Waals surface area contributed by atoms with Crippen molar-refractivity contribution < 1.29 is 9.59 Å². The predicted molar refractivity (Wildman–Crippen MR) is 41.6 cm³/mol. The summed E-state index contributed by atoms with van der Waals surface area (Å²) in [5, 5.41) is 0.247. The minimum Gasteiger partial charge on any atom is -0.369 e. The average Bonchev–Trinajstić information content (AvgIpc) is 1.82. The van der Waals surface area contributed by atoms with Gasteiger partial charge in [-0.25, -0.2) is 0 Å². The van der Waals surface area contributed by atoms with Crippen LogP contribution in [0, 0.1) is 0 Å². The fraction of sp³-hybridized carbons (Fsp3) is 0.333. The second-order valence-corrected chi connectivity index (χ2v) is 2.45. The van der Waals surface area contributed by atoms with E-state index in [4.69, 9.17) is 23.1 Å². The molecular weight excluding hydrogens is 168 g/mol. The molecule has 0 spiro atoms. The maximum Gasteiger partial charge on any atom is 0.222 e. The number of hydrogen-bond donors (Lipinski definition) is 2. The van der Waals surface area contributed by atoms with Crippen LogP contribution >= 0.6 is 11.6 Å². The zero-order valence-electron chi connectivity index (χ0n) is 5.84. The average molecular weight is 177 g/mol. The molecule has 0 aliphatic heterocycles. The van der Waals surface area contributed by atoms with Gasteiger partial charge in [-0.2, -0.15) is 0 Å². The molecule has 0 aliphatic carbocycles. The molecule has 2 amide bonds. The van der Waals surface area contributed by atoms with E-state index in [9.17, 15) is 9.59 Å². The van der Waals surface area contributed by atoms with Gasteiger partial charge in [-0.1, -0.05) is 17.7 Å². The third-order valence-electron chi connectivity index (χ3n) is 0.868. The van der Waals surface area contributed by atoms with Crippen molar-refractivity contribution in [3.05, 3.63) is 11.1 Å². The summed E-state index contributed by atoms with van der Waals surface area (Å²) in [6.45, 7) is 0. The maximum atomic E-state index is 10.2. The van der Waals surface area contributed by atoms with Crippen molar-refractivity contribution in [3.8, 4) is 0 Å². The Labute approximate surface area is 69.2 Å². The summed E-state index contributed by atoms with van der Waals surface area (Å²) >= 11 is 5.47. The molecule has 4 nitrogen and oxygen atoms in total. The molecule has 62 valence electrons. The molecule has 0 saturated carbocycles. The monoisotopic (exact) mass is 176 g/mol. The van der Waals surface area contributed by atoms with Crippen LogP contribution in [-0.4, -0.2) is 11.8 Å². The van der Waals surface area contributed by atoms with E-state index in [2.05, 4.69) is 0 Å². The van der Waals surface area contributed by atoms with Crippen molar-refractivity contribution in [2.24, 2.45) is 11.5 Å². The van der Waals surface area contributed by atoms with Gasteiger partial charge in [0.15, 0.2) is 0 Å². The standard InChI is InChI=1S/C6H9ClN2O2/c7-4(3-6(9)11)1-2-5(8)10/h1H,2-3H2,(H2,8,10)(H2,9,11)/b4-1-. The summed E-state index contributed by atoms with van der Waals surface area (Å²) in [4.78, 5) is 20.4. The molecule has 0 radical (unpaired) electrons. The Balaban J connectivity index is 3.81. The molecule has 11 heavy (non-hydrogen) atoms. The Kier molecular flexibility index (Phi) is 4.29. The molecule has 0 atom stereocenters. The van der Waals surface area contributed by atoms with Gasteiger partial charge in [-0.05, 0) is 0 Å². The number of halogens is 1. The minimum absolute atomic E-state index is 0.0338. The van der Waals surface area contributed by atoms with Gasteiger partial charge < -0.3 is 11.5 Å². The predicted octanol–water partition coefficient (Wildman–Crippen LogP) is -0.140. The summed E-state index contributed by atoms with van der Waals surface area (Å²) in [5.41, 5.74) is 9.63. The molecule has 0 unspecified atom stereocenters. The normalized spacial score (nSPS) is 11.2. The van der Waals surface area contributed by atoms with E-state index >= 15 is 0 Å². The van der Waals surface area contributed by atoms with Gasteiger partial charge in [0.05, 0.1) is 6.42 Å². The Morgan fingerprint density at radius 3 is 2.18 bits per heavy atom. The first-order valence-electron chi connectivity index (χ1n) is 2.93. The third-order valence-corrected chi connectivity index (χ3v) is 1.16. The second kappa shape index (κ2) is 4.73. The lowest BCUT2D eigenvalue weighted by Crippen LogP contribution is -2.11. The highest BCUT2D eigenvalue weighted by Gasteiger charge is 1.98. The first kappa shape index (κ1) is 9.97. The van der Waals surface area contributed by atoms with E-state index < -0.39 is 11.8 Å². The Morgan fingerprint density at radius 2 is 1.82 bits per heavy atom. The van der Waals surface area contributed by atoms with Crippen LogP contribution in [0.2, 0.25) is 0 Å². The first-order chi connectivity index (χ1) is 5.02. The highest BCUT2D eigenvalue weighted by Crippen LogP contribution is 2.06. The van der Waals surface area contributed by atoms with E-state index in [1.807, 2.05) is 0 Å². The van der Waals surface area contributed by atoms with E-state index in [-0.39, 0.29) is 17.9 Å². The zero-order valence-corrected chi connectivity index (χ0v) is 6.60. The molecule has 0 heterocycles. The van der Waals surface area contributed by atoms with Crippen LogP contribution in [0.25, 0.3) is 0 Å². The van der Waals surface area contributed by atoms with Gasteiger partial charge in [0.1, 0.15) is 0 Å². The number of rotatable bonds is 4. The second-order valence-electron chi connectivity index (χ2n) is 1.96. The van der Waals surface area contributed by atoms with Crippen molar-refractivity contribution >= 4 is 23.4 Å². The maximum absolute atomic E-state index is 10.2. The lowest BCUT2D eigenvalue weighted by molar-refractivity contribution is -0.118. The number of primary amides is 2. The summed E-state index contributed by atoms with van der Waals surface area (Å²) in [7, 11) is 0. The molecule has 0 rings (SSSR count). The number of nitrogens with two attached hydrogens (primary N) is 2. The van der Waals surface area contributed by atoms with E-state index in [0.717, 1.165) is 0 Å². The van der Waals surface area contributed by atoms with E-state index in [0.29, 0.717) is 0 Å². The summed E-state index contributed by atoms with van der Waals surface area (Å²) in [6, 6.07) is 0. The number of carbonyl (C=O) groups excluding carboxylic acids is 2. The fourth-order valence-corrected chi connectivity index (χ4v) is 0.659. The SMILES string of the molecule is NC(=O)C/C=C(\Cl)CC(N)=O. The molecule has 0 fully saturated rings. The van der Waals surface area contributed by atoms with Gasteiger partial charge in [0, 0.05) is 11.5 Å². The van der Waals surface area contributed by atoms with Gasteiger partial charge in [-0.3, -0.25) is 9.59 Å². The lowest BCUT2D eigenvalue weighted by atomic mass is 10.3. The number of hydrogen-bond acceptors (Lipinski definition) is 2. The summed E-state index contributed by atoms with van der Waals surface area (Å²) < 4.78 is 0. The molecular formula is C6H9ClN2O2. The largest absolute Gasteiger partial charge is 0.369 e.